The van der Waals surface area contributed by atoms with E-state index in [0.29, 0.717) is 12.7 Å². The second kappa shape index (κ2) is 6.43. The maximum absolute atomic E-state index is 9.33. The molecule has 1 heterocycles. The number of methoxy groups -OCH3 is 1. The molecule has 1 fully saturated rings. The molecule has 0 spiro atoms. The van der Waals surface area contributed by atoms with Gasteiger partial charge in [0.15, 0.2) is 0 Å². The summed E-state index contributed by atoms with van der Waals surface area (Å²) in [6.45, 7) is 4.50. The van der Waals surface area contributed by atoms with Gasteiger partial charge in [0.25, 0.3) is 0 Å². The average molecular weight is 217 g/mol. The summed E-state index contributed by atoms with van der Waals surface area (Å²) in [6, 6.07) is 0. The van der Waals surface area contributed by atoms with Gasteiger partial charge in [-0.05, 0) is 26.2 Å². The number of hydrogen-bond donors (Lipinski definition) is 2. The second-order valence-corrected chi connectivity index (χ2v) is 4.48. The first-order valence-electron chi connectivity index (χ1n) is 5.66. The molecule has 1 aliphatic heterocycles. The van der Waals surface area contributed by atoms with Crippen LogP contribution in [0.5, 0.6) is 0 Å². The van der Waals surface area contributed by atoms with E-state index in [-0.39, 0.29) is 12.1 Å². The number of nitrogens with one attached hydrogen (secondary N) is 1. The van der Waals surface area contributed by atoms with Gasteiger partial charge < -0.3 is 19.9 Å². The number of hydrogen-bond acceptors (Lipinski definition) is 4. The molecule has 4 nitrogen and oxygen atoms in total. The predicted molar refractivity (Wildman–Crippen MR) is 59.0 cm³/mol. The van der Waals surface area contributed by atoms with Crippen molar-refractivity contribution in [1.29, 1.82) is 0 Å². The smallest absolute Gasteiger partial charge is 0.0700 e. The van der Waals surface area contributed by atoms with E-state index >= 15 is 0 Å². The molecular formula is C11H23NO3. The SMILES string of the molecule is COCCC(C)(CO)NCC1CCCO1. The van der Waals surface area contributed by atoms with Crippen LogP contribution in [0.4, 0.5) is 0 Å². The highest BCUT2D eigenvalue weighted by Crippen LogP contribution is 2.14. The molecule has 1 rings (SSSR count). The van der Waals surface area contributed by atoms with Crippen molar-refractivity contribution in [2.75, 3.05) is 33.5 Å². The van der Waals surface area contributed by atoms with Crippen LogP contribution in [-0.4, -0.2) is 50.2 Å². The van der Waals surface area contributed by atoms with Gasteiger partial charge in [0, 0.05) is 32.4 Å². The first-order valence-corrected chi connectivity index (χ1v) is 5.66. The van der Waals surface area contributed by atoms with Crippen LogP contribution in [-0.2, 0) is 9.47 Å². The molecule has 1 aliphatic rings. The Balaban J connectivity index is 2.24. The zero-order chi connectivity index (χ0) is 11.1. The third-order valence-corrected chi connectivity index (χ3v) is 2.99. The minimum Gasteiger partial charge on any atom is -0.394 e. The van der Waals surface area contributed by atoms with E-state index in [9.17, 15) is 5.11 Å². The molecule has 0 radical (unpaired) electrons. The average Bonchev–Trinajstić information content (AvgIpc) is 2.76. The molecular weight excluding hydrogens is 194 g/mol. The summed E-state index contributed by atoms with van der Waals surface area (Å²) in [7, 11) is 1.68. The molecule has 0 aromatic heterocycles. The van der Waals surface area contributed by atoms with Crippen molar-refractivity contribution in [2.24, 2.45) is 0 Å². The van der Waals surface area contributed by atoms with Gasteiger partial charge in [-0.15, -0.1) is 0 Å². The standard InChI is InChI=1S/C11H23NO3/c1-11(9-13,5-7-14-2)12-8-10-4-3-6-15-10/h10,12-13H,3-9H2,1-2H3. The van der Waals surface area contributed by atoms with Crippen LogP contribution in [0.3, 0.4) is 0 Å². The molecule has 0 amide bonds. The molecule has 0 aromatic carbocycles. The summed E-state index contributed by atoms with van der Waals surface area (Å²) < 4.78 is 10.6. The summed E-state index contributed by atoms with van der Waals surface area (Å²) >= 11 is 0. The lowest BCUT2D eigenvalue weighted by atomic mass is 9.99. The van der Waals surface area contributed by atoms with Crippen molar-refractivity contribution >= 4 is 0 Å². The maximum atomic E-state index is 9.33. The van der Waals surface area contributed by atoms with Gasteiger partial charge in [-0.3, -0.25) is 0 Å². The molecule has 15 heavy (non-hydrogen) atoms. The molecule has 90 valence electrons. The summed E-state index contributed by atoms with van der Waals surface area (Å²) in [5, 5.41) is 12.7. The fraction of sp³-hybridized carbons (Fsp3) is 1.00. The number of ether oxygens (including phenoxy) is 2. The van der Waals surface area contributed by atoms with Gasteiger partial charge in [0.2, 0.25) is 0 Å². The van der Waals surface area contributed by atoms with Crippen LogP contribution < -0.4 is 5.32 Å². The molecule has 0 aliphatic carbocycles. The molecule has 0 saturated carbocycles. The number of aliphatic hydroxyl groups excluding tert-OH is 1. The Labute approximate surface area is 92.0 Å². The van der Waals surface area contributed by atoms with E-state index in [2.05, 4.69) is 5.32 Å². The summed E-state index contributed by atoms with van der Waals surface area (Å²) in [5.41, 5.74) is -0.248. The van der Waals surface area contributed by atoms with Gasteiger partial charge in [0.05, 0.1) is 12.7 Å². The molecule has 1 saturated heterocycles. The van der Waals surface area contributed by atoms with Gasteiger partial charge in [-0.25, -0.2) is 0 Å². The van der Waals surface area contributed by atoms with Crippen LogP contribution in [0.25, 0.3) is 0 Å². The molecule has 2 N–H and O–H groups in total. The highest BCUT2D eigenvalue weighted by Gasteiger charge is 2.25. The molecule has 0 bridgehead atoms. The first-order chi connectivity index (χ1) is 7.20. The van der Waals surface area contributed by atoms with Gasteiger partial charge in [0.1, 0.15) is 0 Å². The molecule has 2 unspecified atom stereocenters. The van der Waals surface area contributed by atoms with Crippen molar-refractivity contribution in [3.05, 3.63) is 0 Å². The topological polar surface area (TPSA) is 50.7 Å². The fourth-order valence-corrected chi connectivity index (χ4v) is 1.72. The van der Waals surface area contributed by atoms with Crippen molar-refractivity contribution in [2.45, 2.75) is 37.8 Å². The van der Waals surface area contributed by atoms with Crippen LogP contribution in [0.1, 0.15) is 26.2 Å². The van der Waals surface area contributed by atoms with Crippen molar-refractivity contribution < 1.29 is 14.6 Å². The number of rotatable bonds is 7. The Morgan fingerprint density at radius 3 is 2.93 bits per heavy atom. The van der Waals surface area contributed by atoms with E-state index in [1.165, 1.54) is 0 Å². The summed E-state index contributed by atoms with van der Waals surface area (Å²) in [6.07, 6.45) is 3.41. The highest BCUT2D eigenvalue weighted by molar-refractivity contribution is 4.84. The summed E-state index contributed by atoms with van der Waals surface area (Å²) in [5.74, 6) is 0. The van der Waals surface area contributed by atoms with Gasteiger partial charge >= 0.3 is 0 Å². The predicted octanol–water partition coefficient (Wildman–Crippen LogP) is 0.542. The second-order valence-electron chi connectivity index (χ2n) is 4.48. The molecule has 0 aromatic rings. The van der Waals surface area contributed by atoms with Crippen LogP contribution in [0, 0.1) is 0 Å². The Hall–Kier alpha value is -0.160. The zero-order valence-electron chi connectivity index (χ0n) is 9.79. The van der Waals surface area contributed by atoms with E-state index in [1.807, 2.05) is 6.92 Å². The third kappa shape index (κ3) is 4.47. The lowest BCUT2D eigenvalue weighted by Gasteiger charge is -2.29. The first kappa shape index (κ1) is 12.9. The van der Waals surface area contributed by atoms with Crippen molar-refractivity contribution in [1.82, 2.24) is 5.32 Å². The monoisotopic (exact) mass is 217 g/mol. The quantitative estimate of drug-likeness (QED) is 0.653. The van der Waals surface area contributed by atoms with E-state index in [1.54, 1.807) is 7.11 Å². The van der Waals surface area contributed by atoms with Gasteiger partial charge in [-0.1, -0.05) is 0 Å². The largest absolute Gasteiger partial charge is 0.394 e. The van der Waals surface area contributed by atoms with Gasteiger partial charge in [-0.2, -0.15) is 0 Å². The Morgan fingerprint density at radius 2 is 2.40 bits per heavy atom. The minimum absolute atomic E-state index is 0.128. The van der Waals surface area contributed by atoms with E-state index in [4.69, 9.17) is 9.47 Å². The summed E-state index contributed by atoms with van der Waals surface area (Å²) in [4.78, 5) is 0. The minimum atomic E-state index is -0.248. The Bertz CT molecular complexity index is 171. The van der Waals surface area contributed by atoms with Crippen LogP contribution in [0.2, 0.25) is 0 Å². The molecule has 2 atom stereocenters. The number of aliphatic hydroxyl groups is 1. The van der Waals surface area contributed by atoms with Crippen molar-refractivity contribution in [3.63, 3.8) is 0 Å². The zero-order valence-corrected chi connectivity index (χ0v) is 9.79. The highest BCUT2D eigenvalue weighted by atomic mass is 16.5. The fourth-order valence-electron chi connectivity index (χ4n) is 1.72. The van der Waals surface area contributed by atoms with E-state index < -0.39 is 0 Å². The lowest BCUT2D eigenvalue weighted by Crippen LogP contribution is -2.49. The van der Waals surface area contributed by atoms with E-state index in [0.717, 1.165) is 32.4 Å². The van der Waals surface area contributed by atoms with Crippen LogP contribution in [0.15, 0.2) is 0 Å². The Kier molecular flexibility index (Phi) is 5.53. The van der Waals surface area contributed by atoms with Crippen molar-refractivity contribution in [3.8, 4) is 0 Å². The molecule has 4 heteroatoms. The normalized spacial score (nSPS) is 25.4. The lowest BCUT2D eigenvalue weighted by molar-refractivity contribution is 0.0782. The maximum Gasteiger partial charge on any atom is 0.0700 e. The van der Waals surface area contributed by atoms with Crippen LogP contribution >= 0.6 is 0 Å². The third-order valence-electron chi connectivity index (χ3n) is 2.99. The Morgan fingerprint density at radius 1 is 1.60 bits per heavy atom.